The average Bonchev–Trinajstić information content (AvgIpc) is 2.66. The van der Waals surface area contributed by atoms with Gasteiger partial charge >= 0.3 is 0 Å². The predicted octanol–water partition coefficient (Wildman–Crippen LogP) is 7.80. The Hall–Kier alpha value is -0.850. The summed E-state index contributed by atoms with van der Waals surface area (Å²) >= 11 is 0. The molecule has 0 unspecified atom stereocenters. The molecule has 26 heavy (non-hydrogen) atoms. The summed E-state index contributed by atoms with van der Waals surface area (Å²) in [5.74, 6) is 0. The Morgan fingerprint density at radius 3 is 1.69 bits per heavy atom. The largest absolute Gasteiger partial charge is 0.205 e. The summed E-state index contributed by atoms with van der Waals surface area (Å²) in [6, 6.07) is 4.53. The lowest BCUT2D eigenvalue weighted by molar-refractivity contribution is -0.697. The first kappa shape index (κ1) is 23.2. The molecule has 1 aromatic rings. The molecule has 1 rings (SSSR count). The maximum atomic E-state index is 2.38. The van der Waals surface area contributed by atoms with E-state index in [2.05, 4.69) is 42.9 Å². The lowest BCUT2D eigenvalue weighted by Gasteiger charge is -2.04. The van der Waals surface area contributed by atoms with Gasteiger partial charge in [-0.15, -0.1) is 0 Å². The van der Waals surface area contributed by atoms with Gasteiger partial charge in [-0.25, -0.2) is 4.57 Å². The second-order valence-corrected chi connectivity index (χ2v) is 8.15. The van der Waals surface area contributed by atoms with Crippen LogP contribution in [0.1, 0.15) is 122 Å². The fourth-order valence-corrected chi connectivity index (χ4v) is 3.75. The van der Waals surface area contributed by atoms with Crippen molar-refractivity contribution in [2.45, 2.75) is 130 Å². The van der Waals surface area contributed by atoms with Crippen LogP contribution < -0.4 is 4.57 Å². The number of hydrogen-bond donors (Lipinski definition) is 0. The number of hydrogen-bond acceptors (Lipinski definition) is 0. The maximum absolute atomic E-state index is 2.38. The van der Waals surface area contributed by atoms with Gasteiger partial charge in [0.25, 0.3) is 0 Å². The minimum Gasteiger partial charge on any atom is -0.205 e. The summed E-state index contributed by atoms with van der Waals surface area (Å²) in [5.41, 5.74) is 1.52. The normalized spacial score (nSPS) is 11.2. The predicted molar refractivity (Wildman–Crippen MR) is 116 cm³/mol. The van der Waals surface area contributed by atoms with Gasteiger partial charge in [-0.2, -0.15) is 0 Å². The van der Waals surface area contributed by atoms with Crippen LogP contribution in [-0.4, -0.2) is 0 Å². The van der Waals surface area contributed by atoms with E-state index in [1.165, 1.54) is 121 Å². The highest BCUT2D eigenvalue weighted by Crippen LogP contribution is 2.13. The molecule has 1 heterocycles. The zero-order chi connectivity index (χ0) is 18.7. The van der Waals surface area contributed by atoms with Crippen LogP contribution in [-0.2, 0) is 13.0 Å². The molecule has 0 aliphatic rings. The van der Waals surface area contributed by atoms with Crippen LogP contribution in [0.15, 0.2) is 24.5 Å². The molecule has 0 aliphatic carbocycles. The van der Waals surface area contributed by atoms with Crippen molar-refractivity contribution in [3.8, 4) is 0 Å². The standard InChI is InChI=1S/C25H46N/c1-3-5-7-8-9-10-11-12-13-14-15-16-17-20-25-21-19-23-26(24-25)22-18-6-4-2/h19,21,23-24H,3-18,20,22H2,1-2H3/q+1. The van der Waals surface area contributed by atoms with Crippen LogP contribution in [0.2, 0.25) is 0 Å². The lowest BCUT2D eigenvalue weighted by Crippen LogP contribution is -2.33. The summed E-state index contributed by atoms with van der Waals surface area (Å²) in [5, 5.41) is 0. The molecule has 1 nitrogen and oxygen atoms in total. The molecule has 1 heteroatoms. The van der Waals surface area contributed by atoms with Gasteiger partial charge in [0, 0.05) is 18.1 Å². The number of rotatable bonds is 18. The smallest absolute Gasteiger partial charge is 0.171 e. The van der Waals surface area contributed by atoms with Crippen molar-refractivity contribution in [3.05, 3.63) is 30.1 Å². The van der Waals surface area contributed by atoms with Gasteiger partial charge in [0.15, 0.2) is 12.4 Å². The summed E-state index contributed by atoms with van der Waals surface area (Å²) in [6.45, 7) is 5.75. The topological polar surface area (TPSA) is 3.88 Å². The van der Waals surface area contributed by atoms with E-state index in [4.69, 9.17) is 0 Å². The van der Waals surface area contributed by atoms with Crippen molar-refractivity contribution in [2.75, 3.05) is 0 Å². The zero-order valence-electron chi connectivity index (χ0n) is 18.0. The molecule has 1 aromatic heterocycles. The van der Waals surface area contributed by atoms with Crippen molar-refractivity contribution in [1.29, 1.82) is 0 Å². The van der Waals surface area contributed by atoms with E-state index >= 15 is 0 Å². The summed E-state index contributed by atoms with van der Waals surface area (Å²) in [6.07, 6.45) is 28.5. The number of unbranched alkanes of at least 4 members (excludes halogenated alkanes) is 14. The Bertz CT molecular complexity index is 412. The average molecular weight is 361 g/mol. The highest BCUT2D eigenvalue weighted by atomic mass is 14.9. The highest BCUT2D eigenvalue weighted by Gasteiger charge is 2.02. The number of aryl methyl sites for hydroxylation is 2. The molecule has 0 N–H and O–H groups in total. The van der Waals surface area contributed by atoms with Crippen LogP contribution in [0.3, 0.4) is 0 Å². The number of pyridine rings is 1. The Labute approximate surface area is 164 Å². The highest BCUT2D eigenvalue weighted by molar-refractivity contribution is 5.05. The summed E-state index contributed by atoms with van der Waals surface area (Å²) < 4.78 is 2.38. The Kier molecular flexibility index (Phi) is 15.7. The molecule has 0 amide bonds. The Morgan fingerprint density at radius 2 is 1.12 bits per heavy atom. The van der Waals surface area contributed by atoms with E-state index in [1.54, 1.807) is 0 Å². The van der Waals surface area contributed by atoms with Gasteiger partial charge in [-0.1, -0.05) is 97.3 Å². The van der Waals surface area contributed by atoms with E-state index < -0.39 is 0 Å². The fourth-order valence-electron chi connectivity index (χ4n) is 3.75. The summed E-state index contributed by atoms with van der Waals surface area (Å²) in [4.78, 5) is 0. The molecule has 0 aliphatic heterocycles. The van der Waals surface area contributed by atoms with Crippen LogP contribution in [0.5, 0.6) is 0 Å². The van der Waals surface area contributed by atoms with Crippen LogP contribution in [0.4, 0.5) is 0 Å². The van der Waals surface area contributed by atoms with Crippen LogP contribution in [0.25, 0.3) is 0 Å². The molecule has 0 radical (unpaired) electrons. The fraction of sp³-hybridized carbons (Fsp3) is 0.800. The lowest BCUT2D eigenvalue weighted by atomic mass is 10.0. The molecule has 150 valence electrons. The number of aromatic nitrogens is 1. The van der Waals surface area contributed by atoms with Gasteiger partial charge in [-0.3, -0.25) is 0 Å². The van der Waals surface area contributed by atoms with Crippen LogP contribution >= 0.6 is 0 Å². The van der Waals surface area contributed by atoms with Gasteiger partial charge in [0.1, 0.15) is 6.54 Å². The first-order chi connectivity index (χ1) is 12.9. The minimum absolute atomic E-state index is 1.18. The zero-order valence-corrected chi connectivity index (χ0v) is 18.0. The molecule has 0 saturated carbocycles. The molecular formula is C25H46N+. The molecule has 0 fully saturated rings. The summed E-state index contributed by atoms with van der Waals surface area (Å²) in [7, 11) is 0. The molecule has 0 saturated heterocycles. The Balaban J connectivity index is 1.92. The monoisotopic (exact) mass is 360 g/mol. The van der Waals surface area contributed by atoms with Crippen molar-refractivity contribution in [2.24, 2.45) is 0 Å². The second-order valence-electron chi connectivity index (χ2n) is 8.15. The third-order valence-electron chi connectivity index (χ3n) is 5.51. The minimum atomic E-state index is 1.18. The van der Waals surface area contributed by atoms with E-state index in [9.17, 15) is 0 Å². The molecule has 0 spiro atoms. The third kappa shape index (κ3) is 13.4. The third-order valence-corrected chi connectivity index (χ3v) is 5.51. The second kappa shape index (κ2) is 17.6. The molecule has 0 bridgehead atoms. The first-order valence-electron chi connectivity index (χ1n) is 11.8. The molecule has 0 atom stereocenters. The van der Waals surface area contributed by atoms with E-state index in [-0.39, 0.29) is 0 Å². The van der Waals surface area contributed by atoms with E-state index in [1.807, 2.05) is 0 Å². The van der Waals surface area contributed by atoms with Gasteiger partial charge in [0.05, 0.1) is 0 Å². The first-order valence-corrected chi connectivity index (χ1v) is 11.8. The Morgan fingerprint density at radius 1 is 0.615 bits per heavy atom. The molecular weight excluding hydrogens is 314 g/mol. The van der Waals surface area contributed by atoms with E-state index in [0.29, 0.717) is 0 Å². The molecule has 0 aromatic carbocycles. The van der Waals surface area contributed by atoms with Crippen LogP contribution in [0, 0.1) is 0 Å². The van der Waals surface area contributed by atoms with Crippen molar-refractivity contribution in [1.82, 2.24) is 0 Å². The van der Waals surface area contributed by atoms with E-state index in [0.717, 1.165) is 0 Å². The maximum Gasteiger partial charge on any atom is 0.171 e. The quantitative estimate of drug-likeness (QED) is 0.186. The van der Waals surface area contributed by atoms with Crippen molar-refractivity contribution < 1.29 is 4.57 Å². The van der Waals surface area contributed by atoms with Crippen molar-refractivity contribution >= 4 is 0 Å². The van der Waals surface area contributed by atoms with Gasteiger partial charge in [-0.05, 0) is 25.3 Å². The number of nitrogens with zero attached hydrogens (tertiary/aromatic N) is 1. The SMILES string of the molecule is CCCCCCCCCCCCCCCc1ccc[n+](CCCCC)c1. The van der Waals surface area contributed by atoms with Gasteiger partial charge < -0.3 is 0 Å². The van der Waals surface area contributed by atoms with Crippen molar-refractivity contribution in [3.63, 3.8) is 0 Å². The van der Waals surface area contributed by atoms with Gasteiger partial charge in [0.2, 0.25) is 0 Å².